The molecular formula is C58H65N3O8SSi2. The SMILES string of the molecule is COc1ccccc1[C@H](Cn1c(=O)n(C(C)(C)C(=O)O[Si](c2ccccc2)(c2ccccc2)C(C)(C)C)c(=O)c2c(C)c(-c3ncco3)sc21)OC[C@@H](C)O[Si](c1ccccc1)(c1ccccc1)C(C)(C)C. The minimum atomic E-state index is -3.51. The first-order chi connectivity index (χ1) is 34.3. The van der Waals surface area contributed by atoms with Crippen molar-refractivity contribution in [3.05, 3.63) is 190 Å². The number of ether oxygens (including phenoxy) is 2. The zero-order valence-electron chi connectivity index (χ0n) is 43.1. The molecule has 14 heteroatoms. The van der Waals surface area contributed by atoms with Gasteiger partial charge in [0.1, 0.15) is 28.5 Å². The lowest BCUT2D eigenvalue weighted by Crippen LogP contribution is -2.69. The quantitative estimate of drug-likeness (QED) is 0.0821. The molecule has 0 aliphatic rings. The van der Waals surface area contributed by atoms with Crippen LogP contribution in [0.2, 0.25) is 10.1 Å². The van der Waals surface area contributed by atoms with E-state index in [2.05, 4.69) is 95.1 Å². The van der Waals surface area contributed by atoms with Crippen molar-refractivity contribution in [3.8, 4) is 16.5 Å². The van der Waals surface area contributed by atoms with Crippen LogP contribution in [0.3, 0.4) is 0 Å². The average Bonchev–Trinajstić information content (AvgIpc) is 4.03. The number of nitrogens with zero attached hydrogens (tertiary/aromatic N) is 3. The van der Waals surface area contributed by atoms with Gasteiger partial charge in [0.2, 0.25) is 5.89 Å². The number of hydrogen-bond donors (Lipinski definition) is 0. The second-order valence-electron chi connectivity index (χ2n) is 20.9. The maximum Gasteiger partial charge on any atom is 0.333 e. The van der Waals surface area contributed by atoms with Crippen LogP contribution < -0.4 is 36.7 Å². The predicted octanol–water partition coefficient (Wildman–Crippen LogP) is 9.76. The number of thiophene rings is 1. The first-order valence-corrected chi connectivity index (χ1v) is 29.0. The third kappa shape index (κ3) is 9.42. The number of aromatic nitrogens is 3. The first kappa shape index (κ1) is 51.9. The van der Waals surface area contributed by atoms with E-state index in [0.29, 0.717) is 32.5 Å². The van der Waals surface area contributed by atoms with Gasteiger partial charge in [0.25, 0.3) is 13.9 Å². The Kier molecular flexibility index (Phi) is 14.8. The lowest BCUT2D eigenvalue weighted by atomic mass is 10.1. The van der Waals surface area contributed by atoms with Crippen LogP contribution in [0.5, 0.6) is 5.75 Å². The van der Waals surface area contributed by atoms with Gasteiger partial charge < -0.3 is 22.7 Å². The predicted molar refractivity (Wildman–Crippen MR) is 293 cm³/mol. The van der Waals surface area contributed by atoms with Gasteiger partial charge in [-0.3, -0.25) is 14.2 Å². The molecule has 8 aromatic rings. The number of hydrogen-bond acceptors (Lipinski definition) is 10. The van der Waals surface area contributed by atoms with E-state index in [4.69, 9.17) is 22.7 Å². The highest BCUT2D eigenvalue weighted by Crippen LogP contribution is 2.41. The Morgan fingerprint density at radius 1 is 0.708 bits per heavy atom. The highest BCUT2D eigenvalue weighted by atomic mass is 32.1. The molecule has 0 spiro atoms. The minimum absolute atomic E-state index is 0.0767. The molecule has 0 aliphatic heterocycles. The number of aryl methyl sites for hydroxylation is 1. The molecule has 72 heavy (non-hydrogen) atoms. The van der Waals surface area contributed by atoms with Crippen LogP contribution in [0, 0.1) is 6.92 Å². The van der Waals surface area contributed by atoms with E-state index in [1.54, 1.807) is 25.5 Å². The topological polar surface area (TPSA) is 124 Å². The van der Waals surface area contributed by atoms with Gasteiger partial charge in [0.15, 0.2) is 0 Å². The van der Waals surface area contributed by atoms with Crippen molar-refractivity contribution < 1.29 is 27.5 Å². The molecule has 0 radical (unpaired) electrons. The van der Waals surface area contributed by atoms with Crippen LogP contribution in [0.15, 0.2) is 172 Å². The first-order valence-electron chi connectivity index (χ1n) is 24.3. The van der Waals surface area contributed by atoms with Gasteiger partial charge in [0, 0.05) is 5.56 Å². The second kappa shape index (κ2) is 20.6. The molecule has 3 heterocycles. The fourth-order valence-corrected chi connectivity index (χ4v) is 20.5. The molecule has 8 rings (SSSR count). The molecule has 0 amide bonds. The summed E-state index contributed by atoms with van der Waals surface area (Å²) in [4.78, 5) is 51.9. The third-order valence-corrected chi connectivity index (χ3v) is 25.1. The van der Waals surface area contributed by atoms with Crippen molar-refractivity contribution >= 4 is 64.9 Å². The number of oxazole rings is 1. The van der Waals surface area contributed by atoms with E-state index in [-0.39, 0.29) is 23.6 Å². The molecule has 374 valence electrons. The van der Waals surface area contributed by atoms with Crippen molar-refractivity contribution in [2.75, 3.05) is 13.7 Å². The Morgan fingerprint density at radius 2 is 1.19 bits per heavy atom. The van der Waals surface area contributed by atoms with Gasteiger partial charge in [-0.25, -0.2) is 14.3 Å². The standard InChI is InChI=1S/C58H65N3O8SSi2/c1-40(68-71(56(3,4)5,42-26-16-12-17-27-42)43-28-18-13-19-29-43)39-67-48(46-34-24-25-35-47(46)65-11)38-60-53-49(41(2)50(70-53)51-59-36-37-66-51)52(62)61(55(60)64)58(9,10)54(63)69-72(57(6,7)8,44-30-20-14-21-31-44)45-32-22-15-23-33-45/h12-37,40,48H,38-39H2,1-11H3/t40-,48+/m1/s1. The van der Waals surface area contributed by atoms with Crippen LogP contribution in [0.4, 0.5) is 0 Å². The van der Waals surface area contributed by atoms with Gasteiger partial charge in [-0.05, 0) is 70.1 Å². The summed E-state index contributed by atoms with van der Waals surface area (Å²) in [6, 6.07) is 48.0. The summed E-state index contributed by atoms with van der Waals surface area (Å²) >= 11 is 1.23. The van der Waals surface area contributed by atoms with Gasteiger partial charge in [-0.1, -0.05) is 181 Å². The van der Waals surface area contributed by atoms with Crippen LogP contribution in [-0.2, 0) is 30.5 Å². The molecule has 0 unspecified atom stereocenters. The molecule has 11 nitrogen and oxygen atoms in total. The third-order valence-electron chi connectivity index (χ3n) is 13.7. The van der Waals surface area contributed by atoms with Crippen molar-refractivity contribution in [1.29, 1.82) is 0 Å². The molecule has 0 N–H and O–H groups in total. The fourth-order valence-electron chi connectivity index (χ4n) is 10.2. The van der Waals surface area contributed by atoms with Crippen LogP contribution in [0.25, 0.3) is 21.0 Å². The monoisotopic (exact) mass is 1020 g/mol. The lowest BCUT2D eigenvalue weighted by Gasteiger charge is -2.44. The number of methoxy groups -OCH3 is 1. The summed E-state index contributed by atoms with van der Waals surface area (Å²) in [5, 5.41) is 3.41. The number of carbonyl (C=O) groups is 1. The maximum atomic E-state index is 15.7. The molecule has 0 bridgehead atoms. The minimum Gasteiger partial charge on any atom is -0.508 e. The summed E-state index contributed by atoms with van der Waals surface area (Å²) in [5.41, 5.74) is -1.93. The Morgan fingerprint density at radius 3 is 1.67 bits per heavy atom. The van der Waals surface area contributed by atoms with Gasteiger partial charge >= 0.3 is 20.0 Å². The Balaban J connectivity index is 1.27. The molecule has 3 aromatic heterocycles. The summed E-state index contributed by atoms with van der Waals surface area (Å²) in [6.07, 6.45) is 1.75. The van der Waals surface area contributed by atoms with Gasteiger partial charge in [0.05, 0.1) is 42.8 Å². The lowest BCUT2D eigenvalue weighted by molar-refractivity contribution is -0.144. The summed E-state index contributed by atoms with van der Waals surface area (Å²) in [5.74, 6) is 0.142. The molecule has 0 fully saturated rings. The number of fused-ring (bicyclic) bond motifs is 1. The van der Waals surface area contributed by atoms with Crippen molar-refractivity contribution in [1.82, 2.24) is 14.1 Å². The van der Waals surface area contributed by atoms with Gasteiger partial charge in [-0.15, -0.1) is 11.3 Å². The molecular weight excluding hydrogens is 955 g/mol. The zero-order valence-corrected chi connectivity index (χ0v) is 45.9. The summed E-state index contributed by atoms with van der Waals surface area (Å²) in [7, 11) is -4.91. The van der Waals surface area contributed by atoms with Crippen molar-refractivity contribution in [2.45, 2.75) is 104 Å². The highest BCUT2D eigenvalue weighted by Gasteiger charge is 2.55. The van der Waals surface area contributed by atoms with E-state index < -0.39 is 56.6 Å². The molecule has 2 atom stereocenters. The zero-order chi connectivity index (χ0) is 51.6. The number of carbonyl (C=O) groups excluding carboxylic acids is 1. The largest absolute Gasteiger partial charge is 0.508 e. The Hall–Kier alpha value is -6.43. The van der Waals surface area contributed by atoms with E-state index >= 15 is 14.4 Å². The van der Waals surface area contributed by atoms with Crippen molar-refractivity contribution in [3.63, 3.8) is 0 Å². The fraction of sp³-hybridized carbons (Fsp3) is 0.310. The van der Waals surface area contributed by atoms with Gasteiger partial charge in [-0.2, -0.15) is 0 Å². The molecule has 0 saturated carbocycles. The Bertz CT molecular complexity index is 3170. The van der Waals surface area contributed by atoms with E-state index in [9.17, 15) is 0 Å². The van der Waals surface area contributed by atoms with E-state index in [1.807, 2.05) is 111 Å². The summed E-state index contributed by atoms with van der Waals surface area (Å²) < 4.78 is 35.9. The van der Waals surface area contributed by atoms with Crippen LogP contribution in [0.1, 0.15) is 79.5 Å². The van der Waals surface area contributed by atoms with E-state index in [1.165, 1.54) is 23.8 Å². The Labute approximate surface area is 428 Å². The number of rotatable bonds is 17. The molecule has 0 aliphatic carbocycles. The van der Waals surface area contributed by atoms with E-state index in [0.717, 1.165) is 25.3 Å². The second-order valence-corrected chi connectivity index (χ2v) is 30.3. The number of benzene rings is 5. The average molecular weight is 1020 g/mol. The van der Waals surface area contributed by atoms with Crippen LogP contribution >= 0.6 is 11.3 Å². The smallest absolute Gasteiger partial charge is 0.333 e. The maximum absolute atomic E-state index is 15.7. The normalized spacial score (nSPS) is 13.5. The number of para-hydroxylation sites is 1. The molecule has 5 aromatic carbocycles. The van der Waals surface area contributed by atoms with Crippen LogP contribution in [-0.4, -0.2) is 56.5 Å². The summed E-state index contributed by atoms with van der Waals surface area (Å²) in [6.45, 7) is 20.0. The highest BCUT2D eigenvalue weighted by molar-refractivity contribution is 7.22. The van der Waals surface area contributed by atoms with Crippen molar-refractivity contribution in [2.24, 2.45) is 0 Å². The molecule has 0 saturated heterocycles.